The molecule has 1 aliphatic rings. The second-order valence-corrected chi connectivity index (χ2v) is 3.64. The number of nitrogens with zero attached hydrogens (tertiary/aromatic N) is 1. The predicted molar refractivity (Wildman–Crippen MR) is 80.9 cm³/mol. The summed E-state index contributed by atoms with van der Waals surface area (Å²) in [6.07, 6.45) is 4.53. The van der Waals surface area contributed by atoms with Crippen molar-refractivity contribution in [1.29, 1.82) is 0 Å². The molecular formula is C5H12B4Cl2F5NO8. The van der Waals surface area contributed by atoms with Crippen LogP contribution in [0.4, 0.5) is 21.7 Å². The molecule has 0 aromatic heterocycles. The number of hydrogen-bond donors (Lipinski definition) is 8. The molecule has 0 aliphatic carbocycles. The Bertz CT molecular complexity index is 313. The molecule has 1 atom stereocenters. The van der Waals surface area contributed by atoms with Crippen LogP contribution in [-0.4, -0.2) is 80.4 Å². The van der Waals surface area contributed by atoms with E-state index in [1.54, 1.807) is 6.08 Å². The second kappa shape index (κ2) is 21.5. The molecular weight excluding hydrogens is 411 g/mol. The van der Waals surface area contributed by atoms with Gasteiger partial charge in [0.15, 0.2) is 5.50 Å². The van der Waals surface area contributed by atoms with Crippen LogP contribution in [0.2, 0.25) is 0 Å². The summed E-state index contributed by atoms with van der Waals surface area (Å²) < 4.78 is 52.9. The van der Waals surface area contributed by atoms with E-state index in [0.29, 0.717) is 0 Å². The van der Waals surface area contributed by atoms with Gasteiger partial charge in [0.1, 0.15) is 5.16 Å². The van der Waals surface area contributed by atoms with E-state index < -0.39 is 35.1 Å². The fraction of sp³-hybridized carbons (Fsp3) is 0.200. The third-order valence-electron chi connectivity index (χ3n) is 0.924. The standard InChI is InChI=1S/C5H4Cl2FN.4BFH2O2/c6-4-2-1-3-5(7)9(4)8;4*2-1(3)4/h1-4H;4*3-4H. The van der Waals surface area contributed by atoms with Crippen LogP contribution in [-0.2, 0) is 0 Å². The normalized spacial score (nSPS) is 13.8. The third kappa shape index (κ3) is 59.6. The summed E-state index contributed by atoms with van der Waals surface area (Å²) in [7, 11) is -10.7. The van der Waals surface area contributed by atoms with Crippen LogP contribution in [0.15, 0.2) is 23.4 Å². The first kappa shape index (κ1) is 32.1. The van der Waals surface area contributed by atoms with E-state index in [9.17, 15) is 21.7 Å². The Morgan fingerprint density at radius 3 is 1.20 bits per heavy atom. The van der Waals surface area contributed by atoms with E-state index >= 15 is 0 Å². The summed E-state index contributed by atoms with van der Waals surface area (Å²) in [5.41, 5.74) is -0.762. The van der Waals surface area contributed by atoms with Crippen LogP contribution in [0.1, 0.15) is 0 Å². The maximum Gasteiger partial charge on any atom is 0.674 e. The first-order chi connectivity index (χ1) is 11.1. The highest BCUT2D eigenvalue weighted by molar-refractivity contribution is 6.32. The van der Waals surface area contributed by atoms with E-state index in [1.807, 2.05) is 0 Å². The topological polar surface area (TPSA) is 165 Å². The largest absolute Gasteiger partial charge is 0.674 e. The zero-order chi connectivity index (χ0) is 21.2. The molecule has 0 saturated heterocycles. The molecule has 1 heterocycles. The van der Waals surface area contributed by atoms with E-state index in [2.05, 4.69) is 0 Å². The van der Waals surface area contributed by atoms with Gasteiger partial charge in [0, 0.05) is 0 Å². The van der Waals surface area contributed by atoms with Crippen LogP contribution in [0.5, 0.6) is 0 Å². The van der Waals surface area contributed by atoms with Crippen LogP contribution in [0, 0.1) is 0 Å². The van der Waals surface area contributed by atoms with Crippen LogP contribution < -0.4 is 0 Å². The molecule has 1 aliphatic heterocycles. The van der Waals surface area contributed by atoms with Gasteiger partial charge in [-0.25, -0.2) is 0 Å². The van der Waals surface area contributed by atoms with Gasteiger partial charge in [0.2, 0.25) is 0 Å². The van der Waals surface area contributed by atoms with Crippen LogP contribution >= 0.6 is 23.2 Å². The van der Waals surface area contributed by atoms with Gasteiger partial charge in [0.25, 0.3) is 0 Å². The Kier molecular flexibility index (Phi) is 27.6. The maximum atomic E-state index is 12.4. The molecule has 1 rings (SSSR count). The summed E-state index contributed by atoms with van der Waals surface area (Å²) in [5.74, 6) is 0. The summed E-state index contributed by atoms with van der Waals surface area (Å²) in [6.45, 7) is 0. The van der Waals surface area contributed by atoms with Crippen molar-refractivity contribution in [3.05, 3.63) is 23.4 Å². The van der Waals surface area contributed by atoms with Gasteiger partial charge < -0.3 is 40.2 Å². The van der Waals surface area contributed by atoms with E-state index in [4.69, 9.17) is 63.4 Å². The van der Waals surface area contributed by atoms with Gasteiger partial charge in [-0.3, -0.25) is 17.3 Å². The summed E-state index contributed by atoms with van der Waals surface area (Å²) >= 11 is 10.7. The lowest BCUT2D eigenvalue weighted by atomic mass is 10.3. The lowest BCUT2D eigenvalue weighted by Gasteiger charge is -2.17. The summed E-state index contributed by atoms with van der Waals surface area (Å²) in [5, 5.41) is 55.8. The molecule has 1 unspecified atom stereocenters. The van der Waals surface area contributed by atoms with Gasteiger partial charge in [-0.15, -0.1) is 0 Å². The van der Waals surface area contributed by atoms with Crippen LogP contribution in [0.3, 0.4) is 0 Å². The highest BCUT2D eigenvalue weighted by Gasteiger charge is 2.15. The van der Waals surface area contributed by atoms with Crippen molar-refractivity contribution in [3.63, 3.8) is 0 Å². The molecule has 0 radical (unpaired) electrons. The summed E-state index contributed by atoms with van der Waals surface area (Å²) in [4.78, 5) is 0. The molecule has 25 heavy (non-hydrogen) atoms. The Labute approximate surface area is 149 Å². The zero-order valence-electron chi connectivity index (χ0n) is 11.8. The Morgan fingerprint density at radius 1 is 0.800 bits per heavy atom. The molecule has 0 saturated carbocycles. The number of rotatable bonds is 0. The van der Waals surface area contributed by atoms with Crippen molar-refractivity contribution in [2.24, 2.45) is 0 Å². The number of hydrogen-bond acceptors (Lipinski definition) is 9. The Morgan fingerprint density at radius 2 is 1.04 bits per heavy atom. The van der Waals surface area contributed by atoms with Crippen molar-refractivity contribution in [1.82, 2.24) is 5.12 Å². The first-order valence-electron chi connectivity index (χ1n) is 5.29. The maximum absolute atomic E-state index is 12.4. The monoisotopic (exact) mass is 423 g/mol. The van der Waals surface area contributed by atoms with Crippen molar-refractivity contribution >= 4 is 52.8 Å². The molecule has 0 amide bonds. The average Bonchev–Trinajstić information content (AvgIpc) is 2.33. The molecule has 8 N–H and O–H groups in total. The first-order valence-corrected chi connectivity index (χ1v) is 6.10. The minimum Gasteiger partial charge on any atom is -0.398 e. The smallest absolute Gasteiger partial charge is 0.398 e. The SMILES string of the molecule is FN1C(Cl)=CC=CC1Cl.OB(O)F.OB(O)F.OB(O)F.OB(O)F. The molecule has 0 spiro atoms. The molecule has 9 nitrogen and oxygen atoms in total. The average molecular weight is 423 g/mol. The minimum atomic E-state index is -2.67. The number of allylic oxidation sites excluding steroid dienone is 2. The highest BCUT2D eigenvalue weighted by Crippen LogP contribution is 2.21. The molecule has 0 aromatic rings. The zero-order valence-corrected chi connectivity index (χ0v) is 13.3. The summed E-state index contributed by atoms with van der Waals surface area (Å²) in [6, 6.07) is 0. The molecule has 0 aromatic carbocycles. The fourth-order valence-electron chi connectivity index (χ4n) is 0.491. The van der Waals surface area contributed by atoms with Gasteiger partial charge in [-0.1, -0.05) is 33.8 Å². The molecule has 146 valence electrons. The minimum absolute atomic E-state index is 0.0116. The van der Waals surface area contributed by atoms with Crippen molar-refractivity contribution in [2.45, 2.75) is 5.50 Å². The lowest BCUT2D eigenvalue weighted by Crippen LogP contribution is -2.19. The Hall–Kier alpha value is -0.550. The van der Waals surface area contributed by atoms with Crippen molar-refractivity contribution in [3.8, 4) is 0 Å². The van der Waals surface area contributed by atoms with Crippen LogP contribution in [0.25, 0.3) is 0 Å². The highest BCUT2D eigenvalue weighted by atomic mass is 35.5. The lowest BCUT2D eigenvalue weighted by molar-refractivity contribution is 0.0804. The van der Waals surface area contributed by atoms with E-state index in [1.165, 1.54) is 12.2 Å². The quantitative estimate of drug-likeness (QED) is 0.0730. The molecule has 0 bridgehead atoms. The van der Waals surface area contributed by atoms with E-state index in [0.717, 1.165) is 0 Å². The van der Waals surface area contributed by atoms with Gasteiger partial charge in [-0.05, 0) is 12.2 Å². The number of halogens is 7. The van der Waals surface area contributed by atoms with Gasteiger partial charge in [0.05, 0.1) is 0 Å². The predicted octanol–water partition coefficient (Wildman–Crippen LogP) is -1.91. The Balaban J connectivity index is -0.000000119. The van der Waals surface area contributed by atoms with Crippen molar-refractivity contribution < 1.29 is 61.9 Å². The van der Waals surface area contributed by atoms with Gasteiger partial charge >= 0.3 is 29.6 Å². The molecule has 20 heteroatoms. The molecule has 0 fully saturated rings. The van der Waals surface area contributed by atoms with Gasteiger partial charge in [-0.2, -0.15) is 5.12 Å². The third-order valence-corrected chi connectivity index (χ3v) is 1.53. The number of alkyl halides is 1. The second-order valence-electron chi connectivity index (χ2n) is 2.80. The fourth-order valence-corrected chi connectivity index (χ4v) is 0.908. The van der Waals surface area contributed by atoms with Crippen molar-refractivity contribution in [2.75, 3.05) is 0 Å². The van der Waals surface area contributed by atoms with E-state index in [-0.39, 0.29) is 10.3 Å².